The molecule has 0 aliphatic heterocycles. The number of hydrogen-bond donors (Lipinski definition) is 1. The molecule has 0 saturated carbocycles. The molecule has 0 aliphatic rings. The van der Waals surface area contributed by atoms with Gasteiger partial charge in [-0.05, 0) is 18.2 Å². The van der Waals surface area contributed by atoms with Gasteiger partial charge in [-0.3, -0.25) is 0 Å². The standard InChI is InChI=1S/C10H6N2O2/c13-10-11-5-6-1-2-8-7(3-4-14-8)9(6)12-10/h1-5H,(H,11,12,13). The van der Waals surface area contributed by atoms with Gasteiger partial charge in [0, 0.05) is 17.0 Å². The first-order valence-corrected chi connectivity index (χ1v) is 4.20. The molecule has 1 aromatic carbocycles. The molecule has 2 aromatic heterocycles. The molecule has 3 aromatic rings. The average molecular weight is 186 g/mol. The second-order valence-electron chi connectivity index (χ2n) is 3.05. The number of rotatable bonds is 0. The van der Waals surface area contributed by atoms with Crippen molar-refractivity contribution in [2.75, 3.05) is 0 Å². The molecule has 1 N–H and O–H groups in total. The minimum absolute atomic E-state index is 0.341. The van der Waals surface area contributed by atoms with E-state index in [-0.39, 0.29) is 5.69 Å². The monoisotopic (exact) mass is 186 g/mol. The molecule has 0 unspecified atom stereocenters. The van der Waals surface area contributed by atoms with Crippen molar-refractivity contribution in [1.82, 2.24) is 9.97 Å². The number of H-pyrrole nitrogens is 1. The number of nitrogens with one attached hydrogen (secondary N) is 1. The minimum Gasteiger partial charge on any atom is -0.464 e. The summed E-state index contributed by atoms with van der Waals surface area (Å²) in [6.07, 6.45) is 3.16. The first-order valence-electron chi connectivity index (χ1n) is 4.20. The number of aromatic amines is 1. The lowest BCUT2D eigenvalue weighted by Gasteiger charge is -1.96. The van der Waals surface area contributed by atoms with Crippen LogP contribution in [0.1, 0.15) is 0 Å². The average Bonchev–Trinajstić information content (AvgIpc) is 2.65. The van der Waals surface area contributed by atoms with Gasteiger partial charge in [-0.1, -0.05) is 0 Å². The van der Waals surface area contributed by atoms with Crippen LogP contribution in [0.15, 0.2) is 39.9 Å². The van der Waals surface area contributed by atoms with Crippen molar-refractivity contribution in [3.63, 3.8) is 0 Å². The van der Waals surface area contributed by atoms with Crippen molar-refractivity contribution in [1.29, 1.82) is 0 Å². The van der Waals surface area contributed by atoms with Gasteiger partial charge >= 0.3 is 5.69 Å². The largest absolute Gasteiger partial charge is 0.464 e. The molecule has 0 spiro atoms. The number of fused-ring (bicyclic) bond motifs is 3. The van der Waals surface area contributed by atoms with Crippen molar-refractivity contribution in [3.05, 3.63) is 41.1 Å². The normalized spacial score (nSPS) is 11.1. The van der Waals surface area contributed by atoms with E-state index in [2.05, 4.69) is 9.97 Å². The van der Waals surface area contributed by atoms with E-state index in [0.717, 1.165) is 21.9 Å². The number of furan rings is 1. The van der Waals surface area contributed by atoms with Gasteiger partial charge in [0.15, 0.2) is 0 Å². The van der Waals surface area contributed by atoms with Gasteiger partial charge in [0.25, 0.3) is 0 Å². The summed E-state index contributed by atoms with van der Waals surface area (Å²) in [4.78, 5) is 17.4. The zero-order valence-corrected chi connectivity index (χ0v) is 7.15. The first-order chi connectivity index (χ1) is 6.84. The molecular weight excluding hydrogens is 180 g/mol. The Balaban J connectivity index is 2.66. The quantitative estimate of drug-likeness (QED) is 0.581. The summed E-state index contributed by atoms with van der Waals surface area (Å²) in [6, 6.07) is 5.55. The number of aromatic nitrogens is 2. The van der Waals surface area contributed by atoms with Crippen LogP contribution in [-0.4, -0.2) is 9.97 Å². The van der Waals surface area contributed by atoms with Gasteiger partial charge in [-0.15, -0.1) is 0 Å². The molecule has 0 radical (unpaired) electrons. The summed E-state index contributed by atoms with van der Waals surface area (Å²) in [7, 11) is 0. The molecule has 0 fully saturated rings. The van der Waals surface area contributed by atoms with Gasteiger partial charge in [0.05, 0.1) is 11.8 Å². The van der Waals surface area contributed by atoms with Crippen LogP contribution in [0.25, 0.3) is 21.9 Å². The summed E-state index contributed by atoms with van der Waals surface area (Å²) in [5, 5.41) is 1.81. The summed E-state index contributed by atoms with van der Waals surface area (Å²) in [5.74, 6) is 0. The summed E-state index contributed by atoms with van der Waals surface area (Å²) < 4.78 is 5.22. The molecule has 68 valence electrons. The third-order valence-corrected chi connectivity index (χ3v) is 2.22. The molecule has 0 amide bonds. The predicted molar refractivity (Wildman–Crippen MR) is 52.1 cm³/mol. The lowest BCUT2D eigenvalue weighted by molar-refractivity contribution is 0.616. The van der Waals surface area contributed by atoms with E-state index in [4.69, 9.17) is 4.42 Å². The Morgan fingerprint density at radius 3 is 3.14 bits per heavy atom. The smallest absolute Gasteiger partial charge is 0.345 e. The van der Waals surface area contributed by atoms with Gasteiger partial charge in [0.1, 0.15) is 5.58 Å². The molecule has 3 rings (SSSR count). The maximum Gasteiger partial charge on any atom is 0.345 e. The Bertz CT molecular complexity index is 666. The van der Waals surface area contributed by atoms with Crippen LogP contribution >= 0.6 is 0 Å². The van der Waals surface area contributed by atoms with Crippen LogP contribution in [0.3, 0.4) is 0 Å². The minimum atomic E-state index is -0.341. The molecule has 0 aliphatic carbocycles. The highest BCUT2D eigenvalue weighted by atomic mass is 16.3. The van der Waals surface area contributed by atoms with Crippen LogP contribution in [-0.2, 0) is 0 Å². The predicted octanol–water partition coefficient (Wildman–Crippen LogP) is 1.67. The van der Waals surface area contributed by atoms with E-state index in [9.17, 15) is 4.79 Å². The summed E-state index contributed by atoms with van der Waals surface area (Å²) in [6.45, 7) is 0. The lowest BCUT2D eigenvalue weighted by Crippen LogP contribution is -2.08. The summed E-state index contributed by atoms with van der Waals surface area (Å²) >= 11 is 0. The van der Waals surface area contributed by atoms with E-state index >= 15 is 0 Å². The fourth-order valence-electron chi connectivity index (χ4n) is 1.58. The first kappa shape index (κ1) is 7.32. The van der Waals surface area contributed by atoms with Crippen molar-refractivity contribution >= 4 is 21.9 Å². The van der Waals surface area contributed by atoms with E-state index in [1.54, 1.807) is 12.5 Å². The highest BCUT2D eigenvalue weighted by Gasteiger charge is 2.03. The van der Waals surface area contributed by atoms with Gasteiger partial charge in [-0.2, -0.15) is 0 Å². The van der Waals surface area contributed by atoms with E-state index < -0.39 is 0 Å². The van der Waals surface area contributed by atoms with Gasteiger partial charge in [-0.25, -0.2) is 9.78 Å². The molecule has 2 heterocycles. The van der Waals surface area contributed by atoms with Crippen molar-refractivity contribution < 1.29 is 4.42 Å². The Hall–Kier alpha value is -2.10. The maximum atomic E-state index is 11.1. The zero-order valence-electron chi connectivity index (χ0n) is 7.15. The lowest BCUT2D eigenvalue weighted by atomic mass is 10.2. The SMILES string of the molecule is O=c1ncc2ccc3occc3c2[nH]1. The zero-order chi connectivity index (χ0) is 9.54. The third kappa shape index (κ3) is 0.877. The second-order valence-corrected chi connectivity index (χ2v) is 3.05. The molecule has 0 saturated heterocycles. The molecule has 4 nitrogen and oxygen atoms in total. The molecule has 0 atom stereocenters. The van der Waals surface area contributed by atoms with Crippen LogP contribution < -0.4 is 5.69 Å². The topological polar surface area (TPSA) is 58.9 Å². The third-order valence-electron chi connectivity index (χ3n) is 2.22. The van der Waals surface area contributed by atoms with Crippen LogP contribution in [0.4, 0.5) is 0 Å². The Labute approximate surface area is 78.2 Å². The van der Waals surface area contributed by atoms with Gasteiger partial charge in [0.2, 0.25) is 0 Å². The van der Waals surface area contributed by atoms with Crippen molar-refractivity contribution in [2.24, 2.45) is 0 Å². The maximum absolute atomic E-state index is 11.1. The molecule has 4 heteroatoms. The summed E-state index contributed by atoms with van der Waals surface area (Å²) in [5.41, 5.74) is 1.20. The molecule has 14 heavy (non-hydrogen) atoms. The fourth-order valence-corrected chi connectivity index (χ4v) is 1.58. The Morgan fingerprint density at radius 1 is 1.29 bits per heavy atom. The molecular formula is C10H6N2O2. The number of nitrogens with zero attached hydrogens (tertiary/aromatic N) is 1. The molecule has 0 bridgehead atoms. The highest BCUT2D eigenvalue weighted by Crippen LogP contribution is 2.22. The van der Waals surface area contributed by atoms with E-state index in [1.165, 1.54) is 0 Å². The Kier molecular flexibility index (Phi) is 1.28. The van der Waals surface area contributed by atoms with Crippen LogP contribution in [0.2, 0.25) is 0 Å². The van der Waals surface area contributed by atoms with Gasteiger partial charge < -0.3 is 9.40 Å². The second kappa shape index (κ2) is 2.45. The number of hydrogen-bond acceptors (Lipinski definition) is 3. The number of benzene rings is 1. The Morgan fingerprint density at radius 2 is 2.21 bits per heavy atom. The van der Waals surface area contributed by atoms with Crippen LogP contribution in [0.5, 0.6) is 0 Å². The van der Waals surface area contributed by atoms with Crippen molar-refractivity contribution in [2.45, 2.75) is 0 Å². The van der Waals surface area contributed by atoms with E-state index in [1.807, 2.05) is 18.2 Å². The van der Waals surface area contributed by atoms with E-state index in [0.29, 0.717) is 0 Å². The van der Waals surface area contributed by atoms with Crippen molar-refractivity contribution in [3.8, 4) is 0 Å². The fraction of sp³-hybridized carbons (Fsp3) is 0. The highest BCUT2D eigenvalue weighted by molar-refractivity contribution is 6.02. The van der Waals surface area contributed by atoms with Crippen LogP contribution in [0, 0.1) is 0 Å².